The summed E-state index contributed by atoms with van der Waals surface area (Å²) in [6, 6.07) is 0. The molecule has 0 bridgehead atoms. The van der Waals surface area contributed by atoms with Crippen LogP contribution < -0.4 is 15.4 Å². The second-order valence-corrected chi connectivity index (χ2v) is 9.40. The van der Waals surface area contributed by atoms with Crippen molar-refractivity contribution in [3.63, 3.8) is 0 Å². The average Bonchev–Trinajstić information content (AvgIpc) is 2.70. The second kappa shape index (κ2) is 11.2. The minimum atomic E-state index is -3.15. The van der Waals surface area contributed by atoms with Crippen molar-refractivity contribution in [2.24, 2.45) is 4.99 Å². The molecule has 1 heterocycles. The van der Waals surface area contributed by atoms with E-state index in [0.717, 1.165) is 45.4 Å². The van der Waals surface area contributed by atoms with Gasteiger partial charge in [0.05, 0.1) is 25.5 Å². The molecule has 0 amide bonds. The van der Waals surface area contributed by atoms with E-state index in [-0.39, 0.29) is 11.3 Å². The first-order chi connectivity index (χ1) is 13.0. The molecule has 1 aliphatic carbocycles. The molecule has 2 aliphatic rings. The predicted octanol–water partition coefficient (Wildman–Crippen LogP) is 0.516. The van der Waals surface area contributed by atoms with Gasteiger partial charge in [-0.25, -0.2) is 13.1 Å². The van der Waals surface area contributed by atoms with Crippen LogP contribution in [0.4, 0.5) is 0 Å². The number of nitrogens with one attached hydrogen (secondary N) is 3. The lowest BCUT2D eigenvalue weighted by Crippen LogP contribution is -2.56. The van der Waals surface area contributed by atoms with Crippen molar-refractivity contribution < 1.29 is 13.2 Å². The number of hydrogen-bond acceptors (Lipinski definition) is 5. The van der Waals surface area contributed by atoms with Crippen molar-refractivity contribution in [2.45, 2.75) is 51.5 Å². The molecule has 0 atom stereocenters. The molecule has 0 aromatic carbocycles. The van der Waals surface area contributed by atoms with E-state index in [2.05, 4.69) is 20.3 Å². The van der Waals surface area contributed by atoms with Crippen LogP contribution in [0, 0.1) is 0 Å². The molecule has 3 N–H and O–H groups in total. The van der Waals surface area contributed by atoms with Gasteiger partial charge in [0.2, 0.25) is 10.0 Å². The van der Waals surface area contributed by atoms with E-state index >= 15 is 0 Å². The number of rotatable bonds is 9. The summed E-state index contributed by atoms with van der Waals surface area (Å²) >= 11 is 0. The standard InChI is InChI=1S/C18H37N5O3S/c1-3-19-17(20-10-11-22-27(24,25)4-2)21-16-18(8-6-5-7-9-18)23-12-14-26-15-13-23/h22H,3-16H2,1-2H3,(H2,19,20,21). The van der Waals surface area contributed by atoms with Gasteiger partial charge < -0.3 is 15.4 Å². The van der Waals surface area contributed by atoms with E-state index < -0.39 is 10.0 Å². The van der Waals surface area contributed by atoms with Gasteiger partial charge in [-0.3, -0.25) is 9.89 Å². The second-order valence-electron chi connectivity index (χ2n) is 7.30. The van der Waals surface area contributed by atoms with E-state index in [1.165, 1.54) is 32.1 Å². The maximum atomic E-state index is 11.5. The zero-order valence-corrected chi connectivity index (χ0v) is 17.7. The SMILES string of the molecule is CCNC(=NCC1(N2CCOCC2)CCCCC1)NCCNS(=O)(=O)CC. The Labute approximate surface area is 164 Å². The first-order valence-electron chi connectivity index (χ1n) is 10.3. The van der Waals surface area contributed by atoms with Crippen molar-refractivity contribution >= 4 is 16.0 Å². The van der Waals surface area contributed by atoms with Crippen molar-refractivity contribution in [3.05, 3.63) is 0 Å². The van der Waals surface area contributed by atoms with E-state index in [1.807, 2.05) is 6.92 Å². The van der Waals surface area contributed by atoms with Gasteiger partial charge in [0.25, 0.3) is 0 Å². The lowest BCUT2D eigenvalue weighted by molar-refractivity contribution is -0.0333. The highest BCUT2D eigenvalue weighted by Crippen LogP contribution is 2.34. The van der Waals surface area contributed by atoms with Crippen molar-refractivity contribution in [3.8, 4) is 0 Å². The molecule has 2 fully saturated rings. The lowest BCUT2D eigenvalue weighted by atomic mass is 9.80. The van der Waals surface area contributed by atoms with Gasteiger partial charge in [-0.2, -0.15) is 0 Å². The third-order valence-electron chi connectivity index (χ3n) is 5.46. The molecule has 9 heteroatoms. The number of guanidine groups is 1. The van der Waals surface area contributed by atoms with E-state index in [0.29, 0.717) is 13.1 Å². The summed E-state index contributed by atoms with van der Waals surface area (Å²) in [6.45, 7) is 9.66. The molecule has 0 aromatic rings. The van der Waals surface area contributed by atoms with Gasteiger partial charge in [0.15, 0.2) is 5.96 Å². The molecule has 8 nitrogen and oxygen atoms in total. The molecule has 0 aromatic heterocycles. The normalized spacial score (nSPS) is 21.8. The van der Waals surface area contributed by atoms with Gasteiger partial charge in [-0.05, 0) is 26.7 Å². The van der Waals surface area contributed by atoms with Gasteiger partial charge in [0.1, 0.15) is 0 Å². The van der Waals surface area contributed by atoms with Crippen molar-refractivity contribution in [1.82, 2.24) is 20.3 Å². The van der Waals surface area contributed by atoms with Crippen LogP contribution in [0.5, 0.6) is 0 Å². The van der Waals surface area contributed by atoms with Gasteiger partial charge in [-0.15, -0.1) is 0 Å². The zero-order chi connectivity index (χ0) is 19.6. The number of ether oxygens (including phenoxy) is 1. The molecule has 2 rings (SSSR count). The summed E-state index contributed by atoms with van der Waals surface area (Å²) < 4.78 is 31.2. The Morgan fingerprint density at radius 2 is 1.78 bits per heavy atom. The number of hydrogen-bond donors (Lipinski definition) is 3. The van der Waals surface area contributed by atoms with Crippen LogP contribution in [0.3, 0.4) is 0 Å². The third-order valence-corrected chi connectivity index (χ3v) is 6.87. The summed E-state index contributed by atoms with van der Waals surface area (Å²) in [5.74, 6) is 0.856. The number of nitrogens with zero attached hydrogens (tertiary/aromatic N) is 2. The minimum Gasteiger partial charge on any atom is -0.379 e. The molecular formula is C18H37N5O3S. The Kier molecular flexibility index (Phi) is 9.28. The molecule has 0 radical (unpaired) electrons. The maximum Gasteiger partial charge on any atom is 0.211 e. The Morgan fingerprint density at radius 1 is 1.07 bits per heavy atom. The van der Waals surface area contributed by atoms with Crippen LogP contribution in [0.2, 0.25) is 0 Å². The quantitative estimate of drug-likeness (QED) is 0.295. The van der Waals surface area contributed by atoms with E-state index in [1.54, 1.807) is 6.92 Å². The van der Waals surface area contributed by atoms with Crippen molar-refractivity contribution in [1.29, 1.82) is 0 Å². The fourth-order valence-electron chi connectivity index (χ4n) is 3.88. The highest BCUT2D eigenvalue weighted by molar-refractivity contribution is 7.89. The summed E-state index contributed by atoms with van der Waals surface area (Å²) in [7, 11) is -3.15. The number of sulfonamides is 1. The fourth-order valence-corrected chi connectivity index (χ4v) is 4.50. The highest BCUT2D eigenvalue weighted by Gasteiger charge is 2.38. The summed E-state index contributed by atoms with van der Waals surface area (Å²) in [5, 5.41) is 6.52. The molecule has 158 valence electrons. The molecule has 0 unspecified atom stereocenters. The molecule has 1 saturated carbocycles. The maximum absolute atomic E-state index is 11.5. The monoisotopic (exact) mass is 403 g/mol. The molecule has 1 saturated heterocycles. The summed E-state index contributed by atoms with van der Waals surface area (Å²) in [5.41, 5.74) is 0.133. The average molecular weight is 404 g/mol. The highest BCUT2D eigenvalue weighted by atomic mass is 32.2. The topological polar surface area (TPSA) is 95.1 Å². The van der Waals surface area contributed by atoms with Crippen LogP contribution >= 0.6 is 0 Å². The van der Waals surface area contributed by atoms with Gasteiger partial charge in [-0.1, -0.05) is 19.3 Å². The Morgan fingerprint density at radius 3 is 2.41 bits per heavy atom. The summed E-state index contributed by atoms with van der Waals surface area (Å²) in [6.07, 6.45) is 6.20. The van der Waals surface area contributed by atoms with Crippen LogP contribution in [0.25, 0.3) is 0 Å². The van der Waals surface area contributed by atoms with Crippen LogP contribution in [-0.2, 0) is 14.8 Å². The first kappa shape index (κ1) is 22.4. The Hall–Kier alpha value is -0.900. The molecule has 1 aliphatic heterocycles. The van der Waals surface area contributed by atoms with Gasteiger partial charge >= 0.3 is 0 Å². The number of aliphatic imine (C=N–C) groups is 1. The molecule has 27 heavy (non-hydrogen) atoms. The van der Waals surface area contributed by atoms with Crippen molar-refractivity contribution in [2.75, 3.05) is 58.2 Å². The van der Waals surface area contributed by atoms with Crippen LogP contribution in [-0.4, -0.2) is 83.1 Å². The molecular weight excluding hydrogens is 366 g/mol. The number of morpholine rings is 1. The minimum absolute atomic E-state index is 0.100. The van der Waals surface area contributed by atoms with E-state index in [9.17, 15) is 8.42 Å². The van der Waals surface area contributed by atoms with Gasteiger partial charge in [0, 0.05) is 38.3 Å². The predicted molar refractivity (Wildman–Crippen MR) is 110 cm³/mol. The smallest absolute Gasteiger partial charge is 0.211 e. The van der Waals surface area contributed by atoms with Crippen LogP contribution in [0.15, 0.2) is 4.99 Å². The Bertz CT molecular complexity index is 555. The largest absolute Gasteiger partial charge is 0.379 e. The lowest BCUT2D eigenvalue weighted by Gasteiger charge is -2.47. The summed E-state index contributed by atoms with van der Waals surface area (Å²) in [4.78, 5) is 7.45. The first-order valence-corrected chi connectivity index (χ1v) is 12.0. The Balaban J connectivity index is 1.95. The van der Waals surface area contributed by atoms with E-state index in [4.69, 9.17) is 9.73 Å². The van der Waals surface area contributed by atoms with Crippen LogP contribution in [0.1, 0.15) is 46.0 Å². The molecule has 0 spiro atoms. The third kappa shape index (κ3) is 7.21. The zero-order valence-electron chi connectivity index (χ0n) is 16.9. The fraction of sp³-hybridized carbons (Fsp3) is 0.944.